The summed E-state index contributed by atoms with van der Waals surface area (Å²) in [5.74, 6) is 2.34. The number of pyridine rings is 1. The zero-order chi connectivity index (χ0) is 41.1. The molecular weight excluding hydrogens is 749 g/mol. The van der Waals surface area contributed by atoms with Crippen LogP contribution >= 0.6 is 0 Å². The fourth-order valence-electron chi connectivity index (χ4n) is 9.76. The summed E-state index contributed by atoms with van der Waals surface area (Å²) in [6.07, 6.45) is 5.43. The number of ether oxygens (including phenoxy) is 1. The molecule has 5 aromatic heterocycles. The van der Waals surface area contributed by atoms with E-state index in [2.05, 4.69) is 198 Å². The van der Waals surface area contributed by atoms with E-state index in [0.29, 0.717) is 0 Å². The number of aryl methyl sites for hydroxylation is 2. The van der Waals surface area contributed by atoms with Gasteiger partial charge in [-0.1, -0.05) is 112 Å². The number of hydrogen-bond acceptors (Lipinski definition) is 2. The molecule has 294 valence electrons. The van der Waals surface area contributed by atoms with Crippen LogP contribution < -0.4 is 9.30 Å². The maximum Gasteiger partial charge on any atom is 0.244 e. The van der Waals surface area contributed by atoms with Crippen LogP contribution in [0.1, 0.15) is 26.3 Å². The molecule has 0 saturated heterocycles. The molecule has 0 aliphatic rings. The lowest BCUT2D eigenvalue weighted by molar-refractivity contribution is -0.572. The van der Waals surface area contributed by atoms with E-state index < -0.39 is 0 Å². The first-order valence-corrected chi connectivity index (χ1v) is 20.8. The first-order chi connectivity index (χ1) is 29.7. The van der Waals surface area contributed by atoms with Crippen molar-refractivity contribution in [2.45, 2.75) is 26.2 Å². The third kappa shape index (κ3) is 5.16. The minimum atomic E-state index is -0.0907. The van der Waals surface area contributed by atoms with Crippen LogP contribution in [-0.4, -0.2) is 23.3 Å². The fraction of sp³-hybridized carbons (Fsp3) is 0.111. The number of hydrogen-bond donors (Lipinski definition) is 0. The summed E-state index contributed by atoms with van der Waals surface area (Å²) in [5.41, 5.74) is 12.2. The summed E-state index contributed by atoms with van der Waals surface area (Å²) in [4.78, 5) is 5.19. The Morgan fingerprint density at radius 2 is 1.20 bits per heavy atom. The van der Waals surface area contributed by atoms with Gasteiger partial charge in [-0.15, -0.1) is 0 Å². The molecule has 5 heterocycles. The standard InChI is InChI=1S/C54H42N6O/c1-54(2,3)34-28-29-55-47(30-34)60-46-32-38(61-37-19-15-18-36(31-37)58-33-56(4)44-24-13-14-25-45(44)58)26-27-41(46)50-51-48(39-20-9-11-22-42(39)57(51)5)49-40-21-10-12-23-43(40)59(52(49)53(50)60)35-16-7-6-8-17-35/h6-32H,1-5H3. The summed E-state index contributed by atoms with van der Waals surface area (Å²) in [6.45, 7) is 6.78. The van der Waals surface area contributed by atoms with Crippen LogP contribution in [0.3, 0.4) is 0 Å². The van der Waals surface area contributed by atoms with Crippen LogP contribution in [-0.2, 0) is 19.5 Å². The third-order valence-electron chi connectivity index (χ3n) is 12.5. The number of benzene rings is 7. The van der Waals surface area contributed by atoms with Crippen LogP contribution in [0, 0.1) is 6.33 Å². The van der Waals surface area contributed by atoms with Crippen molar-refractivity contribution in [2.24, 2.45) is 14.1 Å². The Bertz CT molecular complexity index is 3740. The molecule has 0 aliphatic carbocycles. The lowest BCUT2D eigenvalue weighted by Gasteiger charge is -2.20. The normalized spacial score (nSPS) is 12.3. The largest absolute Gasteiger partial charge is 0.458 e. The van der Waals surface area contributed by atoms with Gasteiger partial charge in [-0.3, -0.25) is 4.57 Å². The quantitative estimate of drug-likeness (QED) is 0.129. The zero-order valence-corrected chi connectivity index (χ0v) is 34.7. The van der Waals surface area contributed by atoms with E-state index in [1.807, 2.05) is 29.9 Å². The van der Waals surface area contributed by atoms with E-state index >= 15 is 0 Å². The first-order valence-electron chi connectivity index (χ1n) is 20.8. The second-order valence-electron chi connectivity index (χ2n) is 17.2. The van der Waals surface area contributed by atoms with Gasteiger partial charge in [0.15, 0.2) is 0 Å². The van der Waals surface area contributed by atoms with Crippen molar-refractivity contribution in [3.05, 3.63) is 176 Å². The molecule has 0 amide bonds. The Hall–Kier alpha value is -7.64. The van der Waals surface area contributed by atoms with Crippen LogP contribution in [0.25, 0.3) is 93.6 Å². The molecule has 0 spiro atoms. The predicted octanol–water partition coefficient (Wildman–Crippen LogP) is 12.6. The second kappa shape index (κ2) is 12.9. The monoisotopic (exact) mass is 790 g/mol. The van der Waals surface area contributed by atoms with E-state index in [1.165, 1.54) is 43.5 Å². The minimum absolute atomic E-state index is 0.0907. The highest BCUT2D eigenvalue weighted by molar-refractivity contribution is 6.40. The summed E-state index contributed by atoms with van der Waals surface area (Å²) in [5, 5.41) is 7.23. The van der Waals surface area contributed by atoms with Crippen molar-refractivity contribution in [1.82, 2.24) is 23.3 Å². The van der Waals surface area contributed by atoms with Crippen molar-refractivity contribution in [1.29, 1.82) is 0 Å². The lowest BCUT2D eigenvalue weighted by Crippen LogP contribution is -2.29. The van der Waals surface area contributed by atoms with Gasteiger partial charge >= 0.3 is 0 Å². The van der Waals surface area contributed by atoms with Crippen LogP contribution in [0.15, 0.2) is 164 Å². The Morgan fingerprint density at radius 1 is 0.541 bits per heavy atom. The summed E-state index contributed by atoms with van der Waals surface area (Å²) >= 11 is 0. The van der Waals surface area contributed by atoms with Gasteiger partial charge < -0.3 is 23.0 Å². The molecule has 12 rings (SSSR count). The number of fused-ring (bicyclic) bond motifs is 13. The van der Waals surface area contributed by atoms with Gasteiger partial charge in [-0.05, 0) is 71.6 Å². The Balaban J connectivity index is 1.21. The fourth-order valence-corrected chi connectivity index (χ4v) is 9.76. The van der Waals surface area contributed by atoms with E-state index in [4.69, 9.17) is 9.72 Å². The maximum atomic E-state index is 6.84. The van der Waals surface area contributed by atoms with Crippen molar-refractivity contribution >= 4 is 76.5 Å². The molecule has 12 aromatic rings. The Morgan fingerprint density at radius 3 is 2.00 bits per heavy atom. The van der Waals surface area contributed by atoms with Crippen molar-refractivity contribution in [3.8, 4) is 28.7 Å². The van der Waals surface area contributed by atoms with E-state index in [-0.39, 0.29) is 5.41 Å². The molecule has 0 aliphatic heterocycles. The highest BCUT2D eigenvalue weighted by atomic mass is 16.5. The summed E-state index contributed by atoms with van der Waals surface area (Å²) in [6, 6.07) is 56.0. The third-order valence-corrected chi connectivity index (χ3v) is 12.5. The molecule has 7 aromatic carbocycles. The minimum Gasteiger partial charge on any atom is -0.458 e. The van der Waals surface area contributed by atoms with Gasteiger partial charge in [0.2, 0.25) is 6.33 Å². The number of para-hydroxylation sites is 5. The average molecular weight is 791 g/mol. The van der Waals surface area contributed by atoms with Crippen LogP contribution in [0.4, 0.5) is 0 Å². The molecule has 0 saturated carbocycles. The van der Waals surface area contributed by atoms with Crippen molar-refractivity contribution in [2.75, 3.05) is 0 Å². The topological polar surface area (TPSA) is 45.7 Å². The second-order valence-corrected chi connectivity index (χ2v) is 17.2. The number of imidazole rings is 1. The average Bonchev–Trinajstić information content (AvgIpc) is 4.00. The Labute approximate surface area is 352 Å². The molecule has 0 fully saturated rings. The summed E-state index contributed by atoms with van der Waals surface area (Å²) in [7, 11) is 4.24. The van der Waals surface area contributed by atoms with E-state index in [1.54, 1.807) is 0 Å². The predicted molar refractivity (Wildman–Crippen MR) is 249 cm³/mol. The van der Waals surface area contributed by atoms with Gasteiger partial charge in [0.25, 0.3) is 0 Å². The molecule has 0 unspecified atom stereocenters. The molecular formula is C54H42N6O. The molecule has 0 bridgehead atoms. The Kier molecular flexibility index (Phi) is 7.49. The number of rotatable bonds is 5. The van der Waals surface area contributed by atoms with E-state index in [0.717, 1.165) is 67.2 Å². The maximum absolute atomic E-state index is 6.84. The first kappa shape index (κ1) is 35.3. The smallest absolute Gasteiger partial charge is 0.244 e. The van der Waals surface area contributed by atoms with Gasteiger partial charge in [-0.2, -0.15) is 0 Å². The van der Waals surface area contributed by atoms with Gasteiger partial charge in [-0.25, -0.2) is 4.98 Å². The molecule has 0 N–H and O–H groups in total. The highest BCUT2D eigenvalue weighted by Crippen LogP contribution is 2.49. The molecule has 7 nitrogen and oxygen atoms in total. The van der Waals surface area contributed by atoms with Crippen LogP contribution in [0.2, 0.25) is 0 Å². The van der Waals surface area contributed by atoms with Gasteiger partial charge in [0.05, 0.1) is 51.4 Å². The SMILES string of the molecule is Cn1[c-][n+](-c2cccc(Oc3ccc4c5c6c(c7ccccc7n6C)c6c7ccccc7n(-c7ccccc7)c6c5n(-c5cc(C(C)(C)C)ccn5)c4c3)c2)c2ccccc21. The van der Waals surface area contributed by atoms with Crippen molar-refractivity contribution < 1.29 is 9.30 Å². The number of nitrogens with zero attached hydrogens (tertiary/aromatic N) is 6. The molecule has 0 radical (unpaired) electrons. The van der Waals surface area contributed by atoms with Crippen molar-refractivity contribution in [3.63, 3.8) is 0 Å². The molecule has 61 heavy (non-hydrogen) atoms. The van der Waals surface area contributed by atoms with E-state index in [9.17, 15) is 0 Å². The zero-order valence-electron chi connectivity index (χ0n) is 34.7. The molecule has 0 atom stereocenters. The van der Waals surface area contributed by atoms with Gasteiger partial charge in [0, 0.05) is 62.8 Å². The highest BCUT2D eigenvalue weighted by Gasteiger charge is 2.29. The lowest BCUT2D eigenvalue weighted by atomic mass is 9.88. The van der Waals surface area contributed by atoms with Gasteiger partial charge in [0.1, 0.15) is 17.3 Å². The molecule has 7 heteroatoms. The van der Waals surface area contributed by atoms with Crippen LogP contribution in [0.5, 0.6) is 11.5 Å². The number of aromatic nitrogens is 6. The summed E-state index contributed by atoms with van der Waals surface area (Å²) < 4.78 is 18.2.